The Morgan fingerprint density at radius 3 is 2.35 bits per heavy atom. The summed E-state index contributed by atoms with van der Waals surface area (Å²) >= 11 is 1.23. The molecule has 0 aliphatic carbocycles. The third-order valence-corrected chi connectivity index (χ3v) is 7.73. The van der Waals surface area contributed by atoms with Crippen molar-refractivity contribution in [1.29, 1.82) is 0 Å². The predicted octanol–water partition coefficient (Wildman–Crippen LogP) is 4.40. The Labute approximate surface area is 252 Å². The summed E-state index contributed by atoms with van der Waals surface area (Å²) in [6.45, 7) is 5.05. The van der Waals surface area contributed by atoms with E-state index in [1.54, 1.807) is 25.3 Å². The average Bonchev–Trinajstić information content (AvgIpc) is 3.35. The third kappa shape index (κ3) is 6.34. The summed E-state index contributed by atoms with van der Waals surface area (Å²) in [7, 11) is 2.87. The number of ether oxygens (including phenoxy) is 5. The van der Waals surface area contributed by atoms with E-state index in [9.17, 15) is 9.59 Å². The molecular weight excluding hydrogens is 568 g/mol. The minimum absolute atomic E-state index is 0.231. The van der Waals surface area contributed by atoms with E-state index < -0.39 is 12.0 Å². The number of rotatable bonds is 11. The molecule has 2 heterocycles. The summed E-state index contributed by atoms with van der Waals surface area (Å²) in [5, 5.41) is 0. The van der Waals surface area contributed by atoms with Gasteiger partial charge in [-0.15, -0.1) is 0 Å². The van der Waals surface area contributed by atoms with Crippen molar-refractivity contribution in [3.05, 3.63) is 115 Å². The van der Waals surface area contributed by atoms with Crippen LogP contribution >= 0.6 is 11.3 Å². The van der Waals surface area contributed by atoms with Crippen molar-refractivity contribution >= 4 is 23.4 Å². The Bertz CT molecular complexity index is 1830. The quantitative estimate of drug-likeness (QED) is 0.236. The number of fused-ring (bicyclic) bond motifs is 1. The normalized spacial score (nSPS) is 14.3. The Morgan fingerprint density at radius 1 is 0.907 bits per heavy atom. The van der Waals surface area contributed by atoms with Gasteiger partial charge in [-0.2, -0.15) is 0 Å². The molecule has 0 unspecified atom stereocenters. The van der Waals surface area contributed by atoms with Gasteiger partial charge >= 0.3 is 5.97 Å². The van der Waals surface area contributed by atoms with Gasteiger partial charge in [0.2, 0.25) is 0 Å². The predicted molar refractivity (Wildman–Crippen MR) is 164 cm³/mol. The van der Waals surface area contributed by atoms with E-state index in [-0.39, 0.29) is 11.1 Å². The summed E-state index contributed by atoms with van der Waals surface area (Å²) < 4.78 is 30.1. The smallest absolute Gasteiger partial charge is 0.337 e. The van der Waals surface area contributed by atoms with E-state index in [1.165, 1.54) is 29.2 Å². The molecule has 1 aliphatic rings. The SMILES string of the molecule is CCOc1ccc([C@H]2C(C(=O)OC)=CN=c3s/c(=C\c4ccc(OCc5ccccc5)c(OC)c4)c(=O)n32)cc1OCC. The summed E-state index contributed by atoms with van der Waals surface area (Å²) in [5.74, 6) is 1.65. The molecule has 0 saturated carbocycles. The van der Waals surface area contributed by atoms with Gasteiger partial charge in [-0.3, -0.25) is 9.36 Å². The Morgan fingerprint density at radius 2 is 1.63 bits per heavy atom. The molecule has 0 saturated heterocycles. The summed E-state index contributed by atoms with van der Waals surface area (Å²) in [6, 6.07) is 20.0. The maximum absolute atomic E-state index is 13.9. The molecule has 3 aromatic carbocycles. The zero-order valence-corrected chi connectivity index (χ0v) is 25.2. The van der Waals surface area contributed by atoms with Gasteiger partial charge in [0.05, 0.1) is 43.6 Å². The molecular formula is C33H32N2O7S. The second-order valence-corrected chi connectivity index (χ2v) is 10.4. The van der Waals surface area contributed by atoms with Gasteiger partial charge in [0.15, 0.2) is 27.8 Å². The second kappa shape index (κ2) is 13.4. The van der Waals surface area contributed by atoms with Gasteiger partial charge in [-0.1, -0.05) is 53.8 Å². The van der Waals surface area contributed by atoms with Crippen LogP contribution in [0, 0.1) is 0 Å². The Kier molecular flexibility index (Phi) is 9.26. The fraction of sp³-hybridized carbons (Fsp3) is 0.242. The van der Waals surface area contributed by atoms with Crippen LogP contribution < -0.4 is 33.8 Å². The van der Waals surface area contributed by atoms with Gasteiger partial charge in [-0.05, 0) is 60.9 Å². The fourth-order valence-corrected chi connectivity index (χ4v) is 5.74. The van der Waals surface area contributed by atoms with E-state index in [0.717, 1.165) is 11.1 Å². The first-order valence-electron chi connectivity index (χ1n) is 13.8. The van der Waals surface area contributed by atoms with Crippen LogP contribution in [0.2, 0.25) is 0 Å². The molecule has 0 amide bonds. The van der Waals surface area contributed by atoms with E-state index >= 15 is 0 Å². The first-order valence-corrected chi connectivity index (χ1v) is 14.6. The third-order valence-electron chi connectivity index (χ3n) is 6.73. The van der Waals surface area contributed by atoms with Gasteiger partial charge in [0.1, 0.15) is 6.61 Å². The monoisotopic (exact) mass is 600 g/mol. The van der Waals surface area contributed by atoms with Gasteiger partial charge in [-0.25, -0.2) is 9.79 Å². The van der Waals surface area contributed by atoms with Crippen LogP contribution in [0.5, 0.6) is 23.0 Å². The molecule has 1 atom stereocenters. The van der Waals surface area contributed by atoms with Crippen molar-refractivity contribution in [3.8, 4) is 23.0 Å². The molecule has 0 fully saturated rings. The lowest BCUT2D eigenvalue weighted by molar-refractivity contribution is -0.136. The molecule has 0 N–H and O–H groups in total. The van der Waals surface area contributed by atoms with Crippen LogP contribution in [-0.2, 0) is 16.1 Å². The highest BCUT2D eigenvalue weighted by molar-refractivity contribution is 7.07. The summed E-state index contributed by atoms with van der Waals surface area (Å²) in [4.78, 5) is 31.7. The lowest BCUT2D eigenvalue weighted by atomic mass is 9.97. The topological polar surface area (TPSA) is 97.6 Å². The van der Waals surface area contributed by atoms with E-state index in [0.29, 0.717) is 57.7 Å². The minimum atomic E-state index is -0.774. The number of hydrogen-bond donors (Lipinski definition) is 0. The minimum Gasteiger partial charge on any atom is -0.493 e. The molecule has 5 rings (SSSR count). The molecule has 1 aromatic heterocycles. The maximum Gasteiger partial charge on any atom is 0.337 e. The number of thiazole rings is 1. The van der Waals surface area contributed by atoms with E-state index in [4.69, 9.17) is 23.7 Å². The largest absolute Gasteiger partial charge is 0.493 e. The zero-order valence-electron chi connectivity index (χ0n) is 24.4. The molecule has 0 bridgehead atoms. The molecule has 10 heteroatoms. The van der Waals surface area contributed by atoms with E-state index in [2.05, 4.69) is 4.99 Å². The Hall–Kier alpha value is -4.83. The van der Waals surface area contributed by atoms with Crippen LogP contribution in [0.15, 0.2) is 88.3 Å². The fourth-order valence-electron chi connectivity index (χ4n) is 4.77. The number of benzene rings is 3. The zero-order chi connectivity index (χ0) is 30.3. The molecule has 0 radical (unpaired) electrons. The summed E-state index contributed by atoms with van der Waals surface area (Å²) in [5.41, 5.74) is 2.38. The highest BCUT2D eigenvalue weighted by Crippen LogP contribution is 2.35. The molecule has 43 heavy (non-hydrogen) atoms. The van der Waals surface area contributed by atoms with Gasteiger partial charge < -0.3 is 23.7 Å². The maximum atomic E-state index is 13.9. The molecule has 9 nitrogen and oxygen atoms in total. The van der Waals surface area contributed by atoms with E-state index in [1.807, 2.05) is 68.4 Å². The van der Waals surface area contributed by atoms with Crippen LogP contribution in [0.1, 0.15) is 36.6 Å². The average molecular weight is 601 g/mol. The Balaban J connectivity index is 1.54. The molecule has 1 aliphatic heterocycles. The number of hydrogen-bond acceptors (Lipinski definition) is 9. The summed E-state index contributed by atoms with van der Waals surface area (Å²) in [6.07, 6.45) is 3.24. The lowest BCUT2D eigenvalue weighted by Gasteiger charge is -2.23. The first kappa shape index (κ1) is 29.7. The second-order valence-electron chi connectivity index (χ2n) is 9.43. The van der Waals surface area contributed by atoms with Crippen molar-refractivity contribution in [3.63, 3.8) is 0 Å². The van der Waals surface area contributed by atoms with Crippen LogP contribution in [0.3, 0.4) is 0 Å². The molecule has 4 aromatic rings. The van der Waals surface area contributed by atoms with Gasteiger partial charge in [0.25, 0.3) is 5.56 Å². The van der Waals surface area contributed by atoms with Crippen molar-refractivity contribution in [2.75, 3.05) is 27.4 Å². The standard InChI is InChI=1S/C33H32N2O7S/c1-5-40-26-15-13-23(18-28(26)41-6-2)30-24(32(37)39-4)19-34-33-35(30)31(36)29(43-33)17-22-12-14-25(27(16-22)38-3)42-20-21-10-8-7-9-11-21/h7-19,30H,5-6,20H2,1-4H3/b29-17-/t30-/m0/s1. The van der Waals surface area contributed by atoms with Crippen molar-refractivity contribution in [1.82, 2.24) is 4.57 Å². The number of nitrogens with zero attached hydrogens (tertiary/aromatic N) is 2. The lowest BCUT2D eigenvalue weighted by Crippen LogP contribution is -2.39. The number of aromatic nitrogens is 1. The van der Waals surface area contributed by atoms with Gasteiger partial charge in [0, 0.05) is 6.20 Å². The highest BCUT2D eigenvalue weighted by Gasteiger charge is 2.31. The van der Waals surface area contributed by atoms with Crippen LogP contribution in [0.25, 0.3) is 6.08 Å². The van der Waals surface area contributed by atoms with Crippen molar-refractivity contribution in [2.45, 2.75) is 26.5 Å². The highest BCUT2D eigenvalue weighted by atomic mass is 32.1. The molecule has 0 spiro atoms. The van der Waals surface area contributed by atoms with Crippen LogP contribution in [0.4, 0.5) is 0 Å². The number of methoxy groups -OCH3 is 2. The number of carbonyl (C=O) groups is 1. The van der Waals surface area contributed by atoms with Crippen LogP contribution in [-0.4, -0.2) is 38.0 Å². The van der Waals surface area contributed by atoms with Crippen molar-refractivity contribution < 1.29 is 28.5 Å². The first-order chi connectivity index (χ1) is 21.0. The van der Waals surface area contributed by atoms with Crippen molar-refractivity contribution in [2.24, 2.45) is 4.99 Å². The number of carbonyl (C=O) groups excluding carboxylic acids is 1. The molecule has 222 valence electrons. The number of esters is 1.